The maximum Gasteiger partial charge on any atom is 0.152 e. The van der Waals surface area contributed by atoms with Gasteiger partial charge in [0.05, 0.1) is 3.42 Å². The van der Waals surface area contributed by atoms with Gasteiger partial charge in [0.25, 0.3) is 0 Å². The molecule has 1 aliphatic heterocycles. The Kier molecular flexibility index (Phi) is 4.98. The molecule has 0 aromatic heterocycles. The maximum atomic E-state index is 12.3. The van der Waals surface area contributed by atoms with Crippen LogP contribution in [0.1, 0.15) is 41.0 Å². The third kappa shape index (κ3) is 4.02. The zero-order chi connectivity index (χ0) is 14.1. The van der Waals surface area contributed by atoms with Gasteiger partial charge in [0.15, 0.2) is 5.78 Å². The van der Waals surface area contributed by atoms with Crippen molar-refractivity contribution in [3.05, 3.63) is 0 Å². The summed E-state index contributed by atoms with van der Waals surface area (Å²) in [6.45, 7) is 11.1. The quantitative estimate of drug-likeness (QED) is 0.618. The van der Waals surface area contributed by atoms with Crippen molar-refractivity contribution in [2.45, 2.75) is 44.5 Å². The number of nitrogens with one attached hydrogen (secondary N) is 1. The van der Waals surface area contributed by atoms with Gasteiger partial charge in [0.2, 0.25) is 0 Å². The van der Waals surface area contributed by atoms with E-state index in [-0.39, 0.29) is 32.2 Å². The number of halogens is 1. The highest BCUT2D eigenvalue weighted by molar-refractivity contribution is 14.1. The van der Waals surface area contributed by atoms with Crippen LogP contribution < -0.4 is 5.32 Å². The van der Waals surface area contributed by atoms with Crippen LogP contribution >= 0.6 is 22.6 Å². The van der Waals surface area contributed by atoms with Crippen molar-refractivity contribution < 1.29 is 9.59 Å². The SMILES string of the molecule is CC(C)(C)C(=O)[C@@H]1CNC[C@H](C(=O)C(C)(C)I)C1. The molecule has 1 N–H and O–H groups in total. The molecule has 0 saturated carbocycles. The standard InChI is InChI=1S/C14H24INO2/c1-13(2,3)11(17)9-6-10(8-16-7-9)12(18)14(4,5)15/h9-10,16H,6-8H2,1-5H3/t9-,10+/m0/s1. The number of alkyl halides is 1. The number of piperidine rings is 1. The molecule has 2 atom stereocenters. The average Bonchev–Trinajstić information content (AvgIpc) is 2.24. The Balaban J connectivity index is 2.74. The van der Waals surface area contributed by atoms with Crippen LogP contribution in [0.4, 0.5) is 0 Å². The topological polar surface area (TPSA) is 46.2 Å². The van der Waals surface area contributed by atoms with E-state index in [4.69, 9.17) is 0 Å². The van der Waals surface area contributed by atoms with E-state index >= 15 is 0 Å². The lowest BCUT2D eigenvalue weighted by atomic mass is 9.76. The molecule has 0 radical (unpaired) electrons. The smallest absolute Gasteiger partial charge is 0.152 e. The third-order valence-electron chi connectivity index (χ3n) is 3.42. The van der Waals surface area contributed by atoms with Crippen molar-refractivity contribution in [1.29, 1.82) is 0 Å². The highest BCUT2D eigenvalue weighted by atomic mass is 127. The molecular weight excluding hydrogens is 341 g/mol. The number of carbonyl (C=O) groups excluding carboxylic acids is 2. The number of Topliss-reactive ketones (excluding diaryl/α,β-unsaturated/α-hetero) is 2. The van der Waals surface area contributed by atoms with E-state index in [9.17, 15) is 9.59 Å². The van der Waals surface area contributed by atoms with Crippen LogP contribution in [-0.4, -0.2) is 28.1 Å². The first-order valence-electron chi connectivity index (χ1n) is 6.51. The largest absolute Gasteiger partial charge is 0.315 e. The minimum absolute atomic E-state index is 0.0218. The highest BCUT2D eigenvalue weighted by Crippen LogP contribution is 2.31. The minimum atomic E-state index is -0.350. The molecule has 0 aromatic rings. The van der Waals surface area contributed by atoms with E-state index in [1.54, 1.807) is 0 Å². The average molecular weight is 365 g/mol. The van der Waals surface area contributed by atoms with Gasteiger partial charge in [-0.05, 0) is 20.3 Å². The number of ketones is 2. The van der Waals surface area contributed by atoms with Crippen LogP contribution in [0.15, 0.2) is 0 Å². The molecule has 0 aliphatic carbocycles. The van der Waals surface area contributed by atoms with Gasteiger partial charge < -0.3 is 5.32 Å². The molecule has 0 unspecified atom stereocenters. The molecular formula is C14H24INO2. The molecule has 1 fully saturated rings. The van der Waals surface area contributed by atoms with Gasteiger partial charge in [0.1, 0.15) is 5.78 Å². The summed E-state index contributed by atoms with van der Waals surface area (Å²) in [7, 11) is 0. The fourth-order valence-corrected chi connectivity index (χ4v) is 2.88. The van der Waals surface area contributed by atoms with Gasteiger partial charge in [0, 0.05) is 30.3 Å². The number of hydrogen-bond acceptors (Lipinski definition) is 3. The van der Waals surface area contributed by atoms with Crippen LogP contribution in [0.2, 0.25) is 0 Å². The number of hydrogen-bond donors (Lipinski definition) is 1. The van der Waals surface area contributed by atoms with E-state index in [0.717, 1.165) is 0 Å². The lowest BCUT2D eigenvalue weighted by Gasteiger charge is -2.34. The van der Waals surface area contributed by atoms with E-state index in [1.165, 1.54) is 0 Å². The molecule has 1 heterocycles. The Labute approximate surface area is 124 Å². The molecule has 3 nitrogen and oxygen atoms in total. The van der Waals surface area contributed by atoms with E-state index < -0.39 is 0 Å². The van der Waals surface area contributed by atoms with Crippen LogP contribution in [-0.2, 0) is 9.59 Å². The first-order chi connectivity index (χ1) is 8.03. The molecule has 0 amide bonds. The van der Waals surface area contributed by atoms with Gasteiger partial charge in [-0.25, -0.2) is 0 Å². The van der Waals surface area contributed by atoms with Crippen molar-refractivity contribution in [3.8, 4) is 0 Å². The summed E-state index contributed by atoms with van der Waals surface area (Å²) < 4.78 is -0.350. The predicted octanol–water partition coefficient (Wildman–Crippen LogP) is 2.61. The summed E-state index contributed by atoms with van der Waals surface area (Å²) in [5.41, 5.74) is -0.322. The Morgan fingerprint density at radius 3 is 1.83 bits per heavy atom. The monoisotopic (exact) mass is 365 g/mol. The number of rotatable bonds is 3. The Bertz CT molecular complexity index is 307. The minimum Gasteiger partial charge on any atom is -0.315 e. The zero-order valence-electron chi connectivity index (χ0n) is 12.0. The van der Waals surface area contributed by atoms with Gasteiger partial charge >= 0.3 is 0 Å². The predicted molar refractivity (Wildman–Crippen MR) is 82.0 cm³/mol. The second-order valence-corrected chi connectivity index (χ2v) is 9.44. The summed E-state index contributed by atoms with van der Waals surface area (Å²) in [6, 6.07) is 0. The molecule has 1 rings (SSSR count). The van der Waals surface area contributed by atoms with Crippen molar-refractivity contribution >= 4 is 34.2 Å². The first-order valence-corrected chi connectivity index (χ1v) is 7.59. The summed E-state index contributed by atoms with van der Waals surface area (Å²) in [5, 5.41) is 3.25. The summed E-state index contributed by atoms with van der Waals surface area (Å²) >= 11 is 2.18. The molecule has 4 heteroatoms. The van der Waals surface area contributed by atoms with Crippen LogP contribution in [0, 0.1) is 17.3 Å². The van der Waals surface area contributed by atoms with Crippen molar-refractivity contribution in [3.63, 3.8) is 0 Å². The molecule has 0 spiro atoms. The Morgan fingerprint density at radius 1 is 1.00 bits per heavy atom. The highest BCUT2D eigenvalue weighted by Gasteiger charge is 2.38. The third-order valence-corrected chi connectivity index (χ3v) is 3.95. The van der Waals surface area contributed by atoms with Gasteiger partial charge in [-0.3, -0.25) is 9.59 Å². The van der Waals surface area contributed by atoms with E-state index in [1.807, 2.05) is 34.6 Å². The lowest BCUT2D eigenvalue weighted by Crippen LogP contribution is -2.48. The second kappa shape index (κ2) is 5.57. The molecule has 0 aromatic carbocycles. The molecule has 18 heavy (non-hydrogen) atoms. The van der Waals surface area contributed by atoms with Crippen LogP contribution in [0.3, 0.4) is 0 Å². The van der Waals surface area contributed by atoms with Gasteiger partial charge in [-0.1, -0.05) is 43.4 Å². The summed E-state index contributed by atoms with van der Waals surface area (Å²) in [6.07, 6.45) is 0.703. The second-order valence-electron chi connectivity index (χ2n) is 6.74. The van der Waals surface area contributed by atoms with E-state index in [2.05, 4.69) is 27.9 Å². The van der Waals surface area contributed by atoms with Crippen molar-refractivity contribution in [1.82, 2.24) is 5.32 Å². The number of carbonyl (C=O) groups is 2. The maximum absolute atomic E-state index is 12.3. The first kappa shape index (κ1) is 16.1. The van der Waals surface area contributed by atoms with E-state index in [0.29, 0.717) is 19.5 Å². The van der Waals surface area contributed by atoms with Crippen LogP contribution in [0.25, 0.3) is 0 Å². The van der Waals surface area contributed by atoms with Crippen molar-refractivity contribution in [2.24, 2.45) is 17.3 Å². The Hall–Kier alpha value is 0.0300. The fourth-order valence-electron chi connectivity index (χ4n) is 2.44. The fraction of sp³-hybridized carbons (Fsp3) is 0.857. The van der Waals surface area contributed by atoms with Gasteiger partial charge in [-0.15, -0.1) is 0 Å². The zero-order valence-corrected chi connectivity index (χ0v) is 14.1. The lowest BCUT2D eigenvalue weighted by molar-refractivity contribution is -0.133. The van der Waals surface area contributed by atoms with Crippen LogP contribution in [0.5, 0.6) is 0 Å². The molecule has 0 bridgehead atoms. The molecule has 1 saturated heterocycles. The normalized spacial score (nSPS) is 25.9. The van der Waals surface area contributed by atoms with Crippen molar-refractivity contribution in [2.75, 3.05) is 13.1 Å². The summed E-state index contributed by atoms with van der Waals surface area (Å²) in [5.74, 6) is 0.467. The molecule has 104 valence electrons. The summed E-state index contributed by atoms with van der Waals surface area (Å²) in [4.78, 5) is 24.6. The van der Waals surface area contributed by atoms with Gasteiger partial charge in [-0.2, -0.15) is 0 Å². The molecule has 1 aliphatic rings. The Morgan fingerprint density at radius 2 is 1.44 bits per heavy atom.